The van der Waals surface area contributed by atoms with Gasteiger partial charge in [0.25, 0.3) is 5.91 Å². The molecular weight excluding hydrogens is 390 g/mol. The van der Waals surface area contributed by atoms with Crippen molar-refractivity contribution in [1.82, 2.24) is 9.97 Å². The molecule has 0 bridgehead atoms. The number of aromatic nitrogens is 2. The SMILES string of the molecule is COc1ccccc1C(=O)Nc1nc(-c2ccco2)c(C(=O)c2ccccn2)s1. The van der Waals surface area contributed by atoms with Gasteiger partial charge >= 0.3 is 0 Å². The topological polar surface area (TPSA) is 94.3 Å². The van der Waals surface area contributed by atoms with E-state index in [1.807, 2.05) is 0 Å². The summed E-state index contributed by atoms with van der Waals surface area (Å²) in [6.07, 6.45) is 3.04. The molecule has 0 saturated carbocycles. The van der Waals surface area contributed by atoms with E-state index < -0.39 is 0 Å². The molecule has 1 amide bonds. The van der Waals surface area contributed by atoms with E-state index in [9.17, 15) is 9.59 Å². The summed E-state index contributed by atoms with van der Waals surface area (Å²) >= 11 is 1.06. The first kappa shape index (κ1) is 18.6. The molecule has 0 atom stereocenters. The first-order valence-corrected chi connectivity index (χ1v) is 9.44. The Morgan fingerprint density at radius 1 is 1.07 bits per heavy atom. The smallest absolute Gasteiger partial charge is 0.261 e. The lowest BCUT2D eigenvalue weighted by molar-refractivity contribution is 0.102. The van der Waals surface area contributed by atoms with Crippen LogP contribution in [0.2, 0.25) is 0 Å². The van der Waals surface area contributed by atoms with E-state index in [4.69, 9.17) is 9.15 Å². The lowest BCUT2D eigenvalue weighted by Crippen LogP contribution is -2.12. The molecule has 8 heteroatoms. The van der Waals surface area contributed by atoms with Crippen LogP contribution in [0.1, 0.15) is 25.7 Å². The Morgan fingerprint density at radius 2 is 1.90 bits per heavy atom. The molecule has 0 radical (unpaired) electrons. The molecule has 0 spiro atoms. The monoisotopic (exact) mass is 405 g/mol. The summed E-state index contributed by atoms with van der Waals surface area (Å²) in [4.78, 5) is 34.5. The first-order valence-electron chi connectivity index (χ1n) is 8.62. The summed E-state index contributed by atoms with van der Waals surface area (Å²) in [6, 6.07) is 15.4. The number of ether oxygens (including phenoxy) is 1. The van der Waals surface area contributed by atoms with Gasteiger partial charge in [0.2, 0.25) is 5.78 Å². The van der Waals surface area contributed by atoms with Gasteiger partial charge in [0.05, 0.1) is 18.9 Å². The fourth-order valence-electron chi connectivity index (χ4n) is 2.72. The zero-order valence-corrected chi connectivity index (χ0v) is 16.1. The van der Waals surface area contributed by atoms with Gasteiger partial charge in [0.1, 0.15) is 22.0 Å². The van der Waals surface area contributed by atoms with Crippen molar-refractivity contribution in [2.45, 2.75) is 0 Å². The second kappa shape index (κ2) is 8.07. The third-order valence-electron chi connectivity index (χ3n) is 4.06. The number of hydrogen-bond acceptors (Lipinski definition) is 7. The van der Waals surface area contributed by atoms with Crippen LogP contribution in [0.3, 0.4) is 0 Å². The van der Waals surface area contributed by atoms with Crippen LogP contribution in [0.5, 0.6) is 5.75 Å². The zero-order valence-electron chi connectivity index (χ0n) is 15.3. The van der Waals surface area contributed by atoms with E-state index in [0.29, 0.717) is 27.6 Å². The molecule has 1 aromatic carbocycles. The maximum Gasteiger partial charge on any atom is 0.261 e. The van der Waals surface area contributed by atoms with Gasteiger partial charge in [0.15, 0.2) is 10.9 Å². The van der Waals surface area contributed by atoms with Crippen LogP contribution >= 0.6 is 11.3 Å². The molecule has 3 heterocycles. The van der Waals surface area contributed by atoms with Crippen LogP contribution < -0.4 is 10.1 Å². The Morgan fingerprint density at radius 3 is 2.62 bits per heavy atom. The van der Waals surface area contributed by atoms with Gasteiger partial charge in [-0.1, -0.05) is 29.5 Å². The van der Waals surface area contributed by atoms with Crippen molar-refractivity contribution < 1.29 is 18.7 Å². The average Bonchev–Trinajstić information content (AvgIpc) is 3.43. The van der Waals surface area contributed by atoms with Crippen molar-refractivity contribution >= 4 is 28.2 Å². The lowest BCUT2D eigenvalue weighted by atomic mass is 10.1. The quantitative estimate of drug-likeness (QED) is 0.481. The number of benzene rings is 1. The number of anilines is 1. The summed E-state index contributed by atoms with van der Waals surface area (Å²) in [5, 5.41) is 3.01. The van der Waals surface area contributed by atoms with Crippen LogP contribution in [0.15, 0.2) is 71.5 Å². The van der Waals surface area contributed by atoms with Gasteiger partial charge in [-0.05, 0) is 36.4 Å². The Bertz CT molecular complexity index is 1150. The zero-order chi connectivity index (χ0) is 20.2. The number of nitrogens with zero attached hydrogens (tertiary/aromatic N) is 2. The summed E-state index contributed by atoms with van der Waals surface area (Å²) in [5.74, 6) is 0.183. The number of para-hydroxylation sites is 1. The van der Waals surface area contributed by atoms with Gasteiger partial charge in [-0.2, -0.15) is 0 Å². The molecule has 0 saturated heterocycles. The first-order chi connectivity index (χ1) is 14.2. The standard InChI is InChI=1S/C21H15N3O4S/c1-27-15-9-3-2-7-13(15)20(26)24-21-23-17(16-10-6-12-28-16)19(29-21)18(25)14-8-4-5-11-22-14/h2-12H,1H3,(H,23,24,26). The van der Waals surface area contributed by atoms with E-state index in [2.05, 4.69) is 15.3 Å². The largest absolute Gasteiger partial charge is 0.496 e. The van der Waals surface area contributed by atoms with Crippen molar-refractivity contribution in [2.75, 3.05) is 12.4 Å². The third-order valence-corrected chi connectivity index (χ3v) is 5.03. The van der Waals surface area contributed by atoms with Crippen LogP contribution in [-0.4, -0.2) is 28.8 Å². The van der Waals surface area contributed by atoms with Gasteiger partial charge in [-0.3, -0.25) is 19.9 Å². The molecule has 0 aliphatic heterocycles. The number of thiazole rings is 1. The average molecular weight is 405 g/mol. The summed E-state index contributed by atoms with van der Waals surface area (Å²) in [6.45, 7) is 0. The van der Waals surface area contributed by atoms with Gasteiger partial charge in [-0.25, -0.2) is 4.98 Å². The molecule has 144 valence electrons. The highest BCUT2D eigenvalue weighted by atomic mass is 32.1. The van der Waals surface area contributed by atoms with Crippen molar-refractivity contribution in [3.8, 4) is 17.2 Å². The number of furan rings is 1. The van der Waals surface area contributed by atoms with Crippen molar-refractivity contribution in [3.63, 3.8) is 0 Å². The van der Waals surface area contributed by atoms with E-state index in [1.165, 1.54) is 13.4 Å². The number of pyridine rings is 1. The number of nitrogens with one attached hydrogen (secondary N) is 1. The minimum absolute atomic E-state index is 0.270. The maximum absolute atomic E-state index is 13.0. The van der Waals surface area contributed by atoms with Gasteiger partial charge in [0, 0.05) is 6.20 Å². The van der Waals surface area contributed by atoms with Crippen LogP contribution in [0, 0.1) is 0 Å². The van der Waals surface area contributed by atoms with E-state index in [1.54, 1.807) is 60.8 Å². The second-order valence-corrected chi connectivity index (χ2v) is 6.87. The Balaban J connectivity index is 1.70. The second-order valence-electron chi connectivity index (χ2n) is 5.87. The number of rotatable bonds is 6. The molecule has 1 N–H and O–H groups in total. The highest BCUT2D eigenvalue weighted by Gasteiger charge is 2.24. The van der Waals surface area contributed by atoms with Gasteiger partial charge < -0.3 is 9.15 Å². The number of hydrogen-bond donors (Lipinski definition) is 1. The number of carbonyl (C=O) groups excluding carboxylic acids is 2. The normalized spacial score (nSPS) is 10.5. The number of amides is 1. The molecule has 29 heavy (non-hydrogen) atoms. The minimum Gasteiger partial charge on any atom is -0.496 e. The van der Waals surface area contributed by atoms with Crippen molar-refractivity contribution in [2.24, 2.45) is 0 Å². The van der Waals surface area contributed by atoms with E-state index in [-0.39, 0.29) is 22.5 Å². The Labute approximate surface area is 170 Å². The number of carbonyl (C=O) groups is 2. The Kier molecular flexibility index (Phi) is 5.17. The molecule has 0 aliphatic rings. The molecule has 0 aliphatic carbocycles. The molecule has 0 unspecified atom stereocenters. The predicted molar refractivity (Wildman–Crippen MR) is 108 cm³/mol. The van der Waals surface area contributed by atoms with Gasteiger partial charge in [-0.15, -0.1) is 0 Å². The molecule has 0 fully saturated rings. The summed E-state index contributed by atoms with van der Waals surface area (Å²) < 4.78 is 10.7. The minimum atomic E-state index is -0.390. The van der Waals surface area contributed by atoms with E-state index in [0.717, 1.165) is 11.3 Å². The Hall–Kier alpha value is -3.78. The van der Waals surface area contributed by atoms with Crippen LogP contribution in [0.25, 0.3) is 11.5 Å². The van der Waals surface area contributed by atoms with Crippen LogP contribution in [-0.2, 0) is 0 Å². The highest BCUT2D eigenvalue weighted by molar-refractivity contribution is 7.18. The predicted octanol–water partition coefficient (Wildman–Crippen LogP) is 4.29. The molecule has 4 rings (SSSR count). The lowest BCUT2D eigenvalue weighted by Gasteiger charge is -2.06. The molecule has 3 aromatic heterocycles. The third kappa shape index (κ3) is 3.78. The fourth-order valence-corrected chi connectivity index (χ4v) is 3.63. The van der Waals surface area contributed by atoms with Crippen molar-refractivity contribution in [3.05, 3.63) is 83.2 Å². The number of methoxy groups -OCH3 is 1. The summed E-state index contributed by atoms with van der Waals surface area (Å²) in [7, 11) is 1.49. The fraction of sp³-hybridized carbons (Fsp3) is 0.0476. The van der Waals surface area contributed by atoms with E-state index >= 15 is 0 Å². The number of ketones is 1. The molecular formula is C21H15N3O4S. The van der Waals surface area contributed by atoms with Crippen molar-refractivity contribution in [1.29, 1.82) is 0 Å². The highest BCUT2D eigenvalue weighted by Crippen LogP contribution is 2.33. The van der Waals surface area contributed by atoms with Crippen LogP contribution in [0.4, 0.5) is 5.13 Å². The maximum atomic E-state index is 13.0. The summed E-state index contributed by atoms with van der Waals surface area (Å²) in [5.41, 5.74) is 1.000. The molecule has 4 aromatic rings. The molecule has 7 nitrogen and oxygen atoms in total.